The molecule has 2 rings (SSSR count). The molecule has 0 radical (unpaired) electrons. The van der Waals surface area contributed by atoms with E-state index < -0.39 is 23.8 Å². The Morgan fingerprint density at radius 1 is 1.24 bits per heavy atom. The molecule has 1 fully saturated rings. The molecule has 21 heavy (non-hydrogen) atoms. The lowest BCUT2D eigenvalue weighted by atomic mass is 9.86. The number of rotatable bonds is 5. The van der Waals surface area contributed by atoms with Crippen LogP contribution in [0.4, 0.5) is 0 Å². The number of benzene rings is 1. The van der Waals surface area contributed by atoms with Crippen LogP contribution in [-0.4, -0.2) is 38.5 Å². The molecule has 2 atom stereocenters. The largest absolute Gasteiger partial charge is 0.497 e. The molecule has 6 nitrogen and oxygen atoms in total. The van der Waals surface area contributed by atoms with Crippen LogP contribution in [0.5, 0.6) is 5.75 Å². The van der Waals surface area contributed by atoms with E-state index in [1.54, 1.807) is 24.3 Å². The lowest BCUT2D eigenvalue weighted by Gasteiger charge is -2.13. The predicted octanol–water partition coefficient (Wildman–Crippen LogP) is 1.23. The fourth-order valence-electron chi connectivity index (χ4n) is 2.28. The summed E-state index contributed by atoms with van der Waals surface area (Å²) in [6.07, 6.45) is -0.151. The van der Waals surface area contributed by atoms with Crippen LogP contribution in [0.25, 0.3) is 0 Å². The minimum absolute atomic E-state index is 0.00857. The van der Waals surface area contributed by atoms with E-state index in [4.69, 9.17) is 9.47 Å². The smallest absolute Gasteiger partial charge is 0.310 e. The molecule has 0 aromatic heterocycles. The van der Waals surface area contributed by atoms with Crippen LogP contribution in [0.1, 0.15) is 16.8 Å². The highest BCUT2D eigenvalue weighted by atomic mass is 16.5. The van der Waals surface area contributed by atoms with Gasteiger partial charge in [0.2, 0.25) is 0 Å². The quantitative estimate of drug-likeness (QED) is 0.600. The fraction of sp³-hybridized carbons (Fsp3) is 0.400. The molecule has 1 heterocycles. The maximum Gasteiger partial charge on any atom is 0.310 e. The molecule has 0 spiro atoms. The van der Waals surface area contributed by atoms with Crippen LogP contribution in [-0.2, 0) is 19.1 Å². The van der Waals surface area contributed by atoms with Crippen LogP contribution >= 0.6 is 0 Å². The van der Waals surface area contributed by atoms with Crippen LogP contribution in [0.3, 0.4) is 0 Å². The minimum atomic E-state index is -0.785. The number of hydrogen-bond acceptors (Lipinski definition) is 6. The number of ether oxygens (including phenoxy) is 3. The predicted molar refractivity (Wildman–Crippen MR) is 71.9 cm³/mol. The number of ketones is 1. The van der Waals surface area contributed by atoms with Gasteiger partial charge in [-0.25, -0.2) is 0 Å². The van der Waals surface area contributed by atoms with Crippen molar-refractivity contribution < 1.29 is 28.6 Å². The fourth-order valence-corrected chi connectivity index (χ4v) is 2.28. The van der Waals surface area contributed by atoms with E-state index in [2.05, 4.69) is 4.74 Å². The van der Waals surface area contributed by atoms with Crippen LogP contribution < -0.4 is 4.74 Å². The van der Waals surface area contributed by atoms with Crippen molar-refractivity contribution in [2.45, 2.75) is 6.42 Å². The summed E-state index contributed by atoms with van der Waals surface area (Å²) < 4.78 is 14.5. The second-order valence-corrected chi connectivity index (χ2v) is 4.72. The van der Waals surface area contributed by atoms with E-state index in [0.717, 1.165) is 0 Å². The Morgan fingerprint density at radius 2 is 1.90 bits per heavy atom. The Balaban J connectivity index is 2.16. The first-order chi connectivity index (χ1) is 10.1. The monoisotopic (exact) mass is 292 g/mol. The number of esters is 2. The van der Waals surface area contributed by atoms with Gasteiger partial charge in [0.05, 0.1) is 32.5 Å². The summed E-state index contributed by atoms with van der Waals surface area (Å²) in [5.74, 6) is -2.11. The SMILES string of the molecule is COC(=O)C[C@@H]1C(=O)OC[C@@H]1C(=O)c1ccc(OC)cc1. The van der Waals surface area contributed by atoms with E-state index in [1.807, 2.05) is 0 Å². The normalized spacial score (nSPS) is 20.8. The minimum Gasteiger partial charge on any atom is -0.497 e. The van der Waals surface area contributed by atoms with Crippen molar-refractivity contribution in [2.75, 3.05) is 20.8 Å². The first-order valence-corrected chi connectivity index (χ1v) is 6.48. The average Bonchev–Trinajstić information content (AvgIpc) is 2.87. The van der Waals surface area contributed by atoms with Gasteiger partial charge in [0.25, 0.3) is 0 Å². The Kier molecular flexibility index (Phi) is 4.57. The maximum absolute atomic E-state index is 12.4. The summed E-state index contributed by atoms with van der Waals surface area (Å²) in [4.78, 5) is 35.5. The van der Waals surface area contributed by atoms with Gasteiger partial charge in [-0.15, -0.1) is 0 Å². The van der Waals surface area contributed by atoms with Crippen molar-refractivity contribution in [1.29, 1.82) is 0 Å². The maximum atomic E-state index is 12.4. The first kappa shape index (κ1) is 15.0. The van der Waals surface area contributed by atoms with Gasteiger partial charge in [0.15, 0.2) is 5.78 Å². The molecule has 0 unspecified atom stereocenters. The van der Waals surface area contributed by atoms with Crippen LogP contribution in [0.15, 0.2) is 24.3 Å². The third kappa shape index (κ3) is 3.21. The molecule has 1 aliphatic rings. The van der Waals surface area contributed by atoms with Crippen molar-refractivity contribution in [3.63, 3.8) is 0 Å². The average molecular weight is 292 g/mol. The standard InChI is InChI=1S/C15H16O6/c1-19-10-5-3-9(4-6-10)14(17)12-8-21-15(18)11(12)7-13(16)20-2/h3-6,11-12H,7-8H2,1-2H3/t11-,12-/m0/s1. The third-order valence-corrected chi connectivity index (χ3v) is 3.52. The van der Waals surface area contributed by atoms with Crippen molar-refractivity contribution in [3.05, 3.63) is 29.8 Å². The van der Waals surface area contributed by atoms with Gasteiger partial charge in [0, 0.05) is 5.56 Å². The zero-order valence-electron chi connectivity index (χ0n) is 11.8. The molecule has 112 valence electrons. The Labute approximate surface area is 122 Å². The molecule has 1 saturated heterocycles. The van der Waals surface area contributed by atoms with Gasteiger partial charge in [-0.2, -0.15) is 0 Å². The molecule has 0 N–H and O–H groups in total. The Morgan fingerprint density at radius 3 is 2.48 bits per heavy atom. The molecule has 6 heteroatoms. The highest BCUT2D eigenvalue weighted by Gasteiger charge is 2.43. The number of carbonyl (C=O) groups is 3. The molecule has 0 bridgehead atoms. The van der Waals surface area contributed by atoms with Crippen molar-refractivity contribution in [3.8, 4) is 5.75 Å². The van der Waals surface area contributed by atoms with E-state index in [-0.39, 0.29) is 18.8 Å². The molecule has 1 aliphatic heterocycles. The van der Waals surface area contributed by atoms with Gasteiger partial charge in [-0.05, 0) is 24.3 Å². The summed E-state index contributed by atoms with van der Waals surface area (Å²) >= 11 is 0. The number of Topliss-reactive ketones (excluding diaryl/α,β-unsaturated/α-hetero) is 1. The summed E-state index contributed by atoms with van der Waals surface area (Å²) in [6.45, 7) is -0.00857. The molecule has 0 saturated carbocycles. The zero-order chi connectivity index (χ0) is 15.4. The lowest BCUT2D eigenvalue weighted by molar-refractivity contribution is -0.148. The summed E-state index contributed by atoms with van der Waals surface area (Å²) in [7, 11) is 2.77. The third-order valence-electron chi connectivity index (χ3n) is 3.52. The number of methoxy groups -OCH3 is 2. The van der Waals surface area contributed by atoms with E-state index >= 15 is 0 Å². The number of hydrogen-bond donors (Lipinski definition) is 0. The summed E-state index contributed by atoms with van der Waals surface area (Å²) in [6, 6.07) is 6.58. The van der Waals surface area contributed by atoms with Crippen molar-refractivity contribution >= 4 is 17.7 Å². The van der Waals surface area contributed by atoms with Gasteiger partial charge >= 0.3 is 11.9 Å². The highest BCUT2D eigenvalue weighted by Crippen LogP contribution is 2.29. The topological polar surface area (TPSA) is 78.9 Å². The Bertz CT molecular complexity index is 548. The zero-order valence-corrected chi connectivity index (χ0v) is 11.8. The second kappa shape index (κ2) is 6.39. The van der Waals surface area contributed by atoms with Gasteiger partial charge in [-0.3, -0.25) is 14.4 Å². The lowest BCUT2D eigenvalue weighted by Crippen LogP contribution is -2.27. The molecular weight excluding hydrogens is 276 g/mol. The van der Waals surface area contributed by atoms with Crippen molar-refractivity contribution in [2.24, 2.45) is 11.8 Å². The van der Waals surface area contributed by atoms with Gasteiger partial charge in [0.1, 0.15) is 12.4 Å². The first-order valence-electron chi connectivity index (χ1n) is 6.48. The number of cyclic esters (lactones) is 1. The molecule has 0 aliphatic carbocycles. The second-order valence-electron chi connectivity index (χ2n) is 4.72. The van der Waals surface area contributed by atoms with Crippen molar-refractivity contribution in [1.82, 2.24) is 0 Å². The highest BCUT2D eigenvalue weighted by molar-refractivity contribution is 6.01. The van der Waals surface area contributed by atoms with Gasteiger partial charge in [-0.1, -0.05) is 0 Å². The van der Waals surface area contributed by atoms with E-state index in [0.29, 0.717) is 11.3 Å². The van der Waals surface area contributed by atoms with Crippen LogP contribution in [0, 0.1) is 11.8 Å². The Hall–Kier alpha value is -2.37. The molecule has 1 aromatic carbocycles. The molecule has 0 amide bonds. The molecule has 1 aromatic rings. The summed E-state index contributed by atoms with van der Waals surface area (Å²) in [5, 5.41) is 0. The van der Waals surface area contributed by atoms with Crippen LogP contribution in [0.2, 0.25) is 0 Å². The van der Waals surface area contributed by atoms with E-state index in [1.165, 1.54) is 14.2 Å². The number of carbonyl (C=O) groups excluding carboxylic acids is 3. The molecular formula is C15H16O6. The van der Waals surface area contributed by atoms with Gasteiger partial charge < -0.3 is 14.2 Å². The summed E-state index contributed by atoms with van der Waals surface area (Å²) in [5.41, 5.74) is 0.453. The van der Waals surface area contributed by atoms with E-state index in [9.17, 15) is 14.4 Å².